The molecule has 7 aromatic carbocycles. The topological polar surface area (TPSA) is 24.1 Å². The lowest BCUT2D eigenvalue weighted by molar-refractivity contribution is 0.660. The van der Waals surface area contributed by atoms with Gasteiger partial charge in [-0.25, -0.2) is 0 Å². The fourth-order valence-electron chi connectivity index (χ4n) is 7.03. The third kappa shape index (κ3) is 5.38. The van der Waals surface area contributed by atoms with Crippen molar-refractivity contribution in [2.24, 2.45) is 0 Å². The molecule has 1 aliphatic carbocycles. The van der Waals surface area contributed by atoms with Gasteiger partial charge in [-0.3, -0.25) is 0 Å². The van der Waals surface area contributed by atoms with Gasteiger partial charge in [-0.05, 0) is 93.0 Å². The summed E-state index contributed by atoms with van der Waals surface area (Å²) in [6.45, 7) is 4.65. The summed E-state index contributed by atoms with van der Waals surface area (Å²) in [7, 11) is 0. The minimum absolute atomic E-state index is 0.00599. The second kappa shape index (κ2) is 11.8. The molecule has 0 bridgehead atoms. The lowest BCUT2D eigenvalue weighted by atomic mass is 9.82. The summed E-state index contributed by atoms with van der Waals surface area (Å²) in [5.74, 6) is 0. The molecule has 0 unspecified atom stereocenters. The highest BCUT2D eigenvalue weighted by molar-refractivity contribution is 5.89. The van der Waals surface area contributed by atoms with Crippen LogP contribution < -0.4 is 10.6 Å². The van der Waals surface area contributed by atoms with E-state index in [2.05, 4.69) is 188 Å². The Balaban J connectivity index is 1.16. The van der Waals surface area contributed by atoms with Crippen LogP contribution in [0.25, 0.3) is 44.5 Å². The van der Waals surface area contributed by atoms with Crippen LogP contribution in [0.5, 0.6) is 0 Å². The van der Waals surface area contributed by atoms with Crippen LogP contribution in [0, 0.1) is 0 Å². The number of nitrogens with one attached hydrogen (secondary N) is 2. The van der Waals surface area contributed by atoms with E-state index in [1.54, 1.807) is 0 Å². The van der Waals surface area contributed by atoms with Crippen molar-refractivity contribution in [3.63, 3.8) is 0 Å². The number of hydrogen-bond acceptors (Lipinski definition) is 2. The number of rotatable bonds is 7. The van der Waals surface area contributed by atoms with Crippen molar-refractivity contribution in [2.45, 2.75) is 19.3 Å². The van der Waals surface area contributed by atoms with Crippen molar-refractivity contribution in [1.29, 1.82) is 0 Å². The van der Waals surface area contributed by atoms with E-state index in [0.29, 0.717) is 0 Å². The Hall–Kier alpha value is -5.86. The summed E-state index contributed by atoms with van der Waals surface area (Å²) in [6, 6.07) is 60.8. The van der Waals surface area contributed by atoms with Crippen LogP contribution in [-0.4, -0.2) is 0 Å². The van der Waals surface area contributed by atoms with Crippen LogP contribution in [0.4, 0.5) is 22.7 Å². The van der Waals surface area contributed by atoms with Gasteiger partial charge in [-0.2, -0.15) is 0 Å². The molecule has 0 amide bonds. The molecular weight excluding hydrogens is 569 g/mol. The fourth-order valence-corrected chi connectivity index (χ4v) is 7.03. The SMILES string of the molecule is CC1(C)c2ccccc2-c2cc(Nc3ccc(-c4cccc(-c5ccccc5Nc5ccccc5)c4)cc3-c3ccccc3)ccc21. The largest absolute Gasteiger partial charge is 0.355 e. The smallest absolute Gasteiger partial charge is 0.0464 e. The van der Waals surface area contributed by atoms with E-state index < -0.39 is 0 Å². The summed E-state index contributed by atoms with van der Waals surface area (Å²) in [5, 5.41) is 7.41. The number of anilines is 4. The summed E-state index contributed by atoms with van der Waals surface area (Å²) >= 11 is 0. The first-order chi connectivity index (χ1) is 23.0. The van der Waals surface area contributed by atoms with Crippen LogP contribution in [0.2, 0.25) is 0 Å². The zero-order chi connectivity index (χ0) is 31.8. The van der Waals surface area contributed by atoms with Gasteiger partial charge in [-0.1, -0.05) is 135 Å². The van der Waals surface area contributed by atoms with Gasteiger partial charge in [0.2, 0.25) is 0 Å². The number of fused-ring (bicyclic) bond motifs is 3. The first kappa shape index (κ1) is 28.6. The maximum Gasteiger partial charge on any atom is 0.0464 e. The van der Waals surface area contributed by atoms with Crippen LogP contribution >= 0.6 is 0 Å². The standard InChI is InChI=1S/C45H36N2/c1-45(2)41-22-11-9-21-38(41)40-30-36(25-26-42(40)45)47-44-27-24-33(29-39(44)31-14-5-3-6-15-31)32-16-13-17-34(28-32)37-20-10-12-23-43(37)46-35-18-7-4-8-19-35/h3-30,46-47H,1-2H3. The molecular formula is C45H36N2. The van der Waals surface area contributed by atoms with Crippen LogP contribution in [0.3, 0.4) is 0 Å². The summed E-state index contributed by atoms with van der Waals surface area (Å²) in [6.07, 6.45) is 0. The second-order valence-electron chi connectivity index (χ2n) is 12.8. The molecule has 0 heterocycles. The van der Waals surface area contributed by atoms with E-state index in [9.17, 15) is 0 Å². The van der Waals surface area contributed by atoms with E-state index >= 15 is 0 Å². The van der Waals surface area contributed by atoms with Gasteiger partial charge in [0.25, 0.3) is 0 Å². The lowest BCUT2D eigenvalue weighted by Gasteiger charge is -2.21. The van der Waals surface area contributed by atoms with Crippen molar-refractivity contribution >= 4 is 22.7 Å². The minimum atomic E-state index is -0.00599. The first-order valence-corrected chi connectivity index (χ1v) is 16.3. The average molecular weight is 605 g/mol. The monoisotopic (exact) mass is 604 g/mol. The molecule has 0 aliphatic heterocycles. The minimum Gasteiger partial charge on any atom is -0.355 e. The molecule has 2 nitrogen and oxygen atoms in total. The van der Waals surface area contributed by atoms with Crippen LogP contribution in [-0.2, 0) is 5.41 Å². The van der Waals surface area contributed by atoms with Gasteiger partial charge in [0, 0.05) is 39.3 Å². The molecule has 2 heteroatoms. The number of benzene rings is 7. The average Bonchev–Trinajstić information content (AvgIpc) is 3.35. The molecule has 0 radical (unpaired) electrons. The predicted octanol–water partition coefficient (Wildman–Crippen LogP) is 12.5. The highest BCUT2D eigenvalue weighted by atomic mass is 14.9. The molecule has 0 saturated heterocycles. The summed E-state index contributed by atoms with van der Waals surface area (Å²) < 4.78 is 0. The lowest BCUT2D eigenvalue weighted by Crippen LogP contribution is -2.14. The maximum absolute atomic E-state index is 3.80. The molecule has 2 N–H and O–H groups in total. The van der Waals surface area contributed by atoms with Gasteiger partial charge < -0.3 is 10.6 Å². The van der Waals surface area contributed by atoms with Gasteiger partial charge in [-0.15, -0.1) is 0 Å². The second-order valence-corrected chi connectivity index (χ2v) is 12.8. The van der Waals surface area contributed by atoms with Crippen LogP contribution in [0.1, 0.15) is 25.0 Å². The molecule has 0 saturated carbocycles. The number of para-hydroxylation sites is 2. The first-order valence-electron chi connectivity index (χ1n) is 16.3. The molecule has 47 heavy (non-hydrogen) atoms. The van der Waals surface area contributed by atoms with Crippen molar-refractivity contribution in [3.05, 3.63) is 181 Å². The Labute approximate surface area is 277 Å². The highest BCUT2D eigenvalue weighted by Gasteiger charge is 2.35. The quantitative estimate of drug-likeness (QED) is 0.189. The fraction of sp³-hybridized carbons (Fsp3) is 0.0667. The van der Waals surface area contributed by atoms with Crippen LogP contribution in [0.15, 0.2) is 170 Å². The molecule has 1 aliphatic rings. The van der Waals surface area contributed by atoms with E-state index in [4.69, 9.17) is 0 Å². The molecule has 226 valence electrons. The van der Waals surface area contributed by atoms with E-state index in [0.717, 1.165) is 22.7 Å². The van der Waals surface area contributed by atoms with E-state index in [1.165, 1.54) is 55.6 Å². The Morgan fingerprint density at radius 3 is 1.77 bits per heavy atom. The molecule has 0 atom stereocenters. The van der Waals surface area contributed by atoms with Crippen molar-refractivity contribution in [3.8, 4) is 44.5 Å². The van der Waals surface area contributed by atoms with Crippen molar-refractivity contribution < 1.29 is 0 Å². The van der Waals surface area contributed by atoms with E-state index in [1.807, 2.05) is 6.07 Å². The normalized spacial score (nSPS) is 12.6. The van der Waals surface area contributed by atoms with Crippen molar-refractivity contribution in [1.82, 2.24) is 0 Å². The third-order valence-electron chi connectivity index (χ3n) is 9.45. The Morgan fingerprint density at radius 2 is 0.936 bits per heavy atom. The van der Waals surface area contributed by atoms with Gasteiger partial charge in [0.05, 0.1) is 0 Å². The zero-order valence-electron chi connectivity index (χ0n) is 26.7. The third-order valence-corrected chi connectivity index (χ3v) is 9.45. The summed E-state index contributed by atoms with van der Waals surface area (Å²) in [4.78, 5) is 0. The molecule has 0 spiro atoms. The molecule has 7 aromatic rings. The van der Waals surface area contributed by atoms with E-state index in [-0.39, 0.29) is 5.41 Å². The van der Waals surface area contributed by atoms with Gasteiger partial charge in [0.15, 0.2) is 0 Å². The number of hydrogen-bond donors (Lipinski definition) is 2. The zero-order valence-corrected chi connectivity index (χ0v) is 26.7. The molecule has 0 fully saturated rings. The highest BCUT2D eigenvalue weighted by Crippen LogP contribution is 2.49. The Morgan fingerprint density at radius 1 is 0.340 bits per heavy atom. The Bertz CT molecular complexity index is 2210. The summed E-state index contributed by atoms with van der Waals surface area (Å²) in [5.41, 5.74) is 16.8. The molecule has 0 aromatic heterocycles. The van der Waals surface area contributed by atoms with Crippen molar-refractivity contribution in [2.75, 3.05) is 10.6 Å². The maximum atomic E-state index is 3.80. The van der Waals surface area contributed by atoms with Gasteiger partial charge in [0.1, 0.15) is 0 Å². The van der Waals surface area contributed by atoms with Gasteiger partial charge >= 0.3 is 0 Å². The predicted molar refractivity (Wildman–Crippen MR) is 200 cm³/mol. The Kier molecular flexibility index (Phi) is 7.19. The molecule has 8 rings (SSSR count).